The molecule has 0 aliphatic heterocycles. The molecule has 2 heterocycles. The first-order valence-corrected chi connectivity index (χ1v) is 4.89. The number of hydrogen-bond donors (Lipinski definition) is 1. The van der Waals surface area contributed by atoms with Crippen LogP contribution in [0.3, 0.4) is 0 Å². The van der Waals surface area contributed by atoms with Gasteiger partial charge in [0.1, 0.15) is 12.0 Å². The molecule has 0 unspecified atom stereocenters. The van der Waals surface area contributed by atoms with Crippen LogP contribution in [0, 0.1) is 0 Å². The molecule has 17 heavy (non-hydrogen) atoms. The van der Waals surface area contributed by atoms with Gasteiger partial charge >= 0.3 is 0 Å². The molecule has 2 aromatic rings. The Labute approximate surface area is 105 Å². The Bertz CT molecular complexity index is 471. The Morgan fingerprint density at radius 1 is 1.41 bits per heavy atom. The van der Waals surface area contributed by atoms with Gasteiger partial charge in [-0.1, -0.05) is 11.2 Å². The van der Waals surface area contributed by atoms with Crippen LogP contribution in [-0.4, -0.2) is 21.4 Å². The van der Waals surface area contributed by atoms with Crippen LogP contribution in [0.5, 0.6) is 0 Å². The molecule has 5 nitrogen and oxygen atoms in total. The fourth-order valence-corrected chi connectivity index (χ4v) is 1.36. The molecule has 0 aliphatic rings. The Morgan fingerprint density at radius 3 is 3.00 bits per heavy atom. The molecule has 0 amide bonds. The van der Waals surface area contributed by atoms with Crippen molar-refractivity contribution in [1.82, 2.24) is 9.97 Å². The van der Waals surface area contributed by atoms with Crippen LogP contribution in [0.15, 0.2) is 40.4 Å². The van der Waals surface area contributed by atoms with Crippen LogP contribution < -0.4 is 0 Å². The van der Waals surface area contributed by atoms with Crippen LogP contribution in [0.25, 0.3) is 0 Å². The van der Waals surface area contributed by atoms with Crippen molar-refractivity contribution in [2.45, 2.75) is 12.8 Å². The minimum Gasteiger partial charge on any atom is -0.448 e. The molecular formula is C11H12ClN3O2. The van der Waals surface area contributed by atoms with Gasteiger partial charge in [0.2, 0.25) is 0 Å². The second kappa shape index (κ2) is 6.65. The van der Waals surface area contributed by atoms with Crippen LogP contribution >= 0.6 is 12.4 Å². The van der Waals surface area contributed by atoms with Crippen molar-refractivity contribution in [3.05, 3.63) is 47.9 Å². The van der Waals surface area contributed by atoms with E-state index in [2.05, 4.69) is 15.1 Å². The number of rotatable bonds is 4. The summed E-state index contributed by atoms with van der Waals surface area (Å²) in [6, 6.07) is 3.90. The van der Waals surface area contributed by atoms with Crippen LogP contribution in [0.2, 0.25) is 0 Å². The second-order valence-corrected chi connectivity index (χ2v) is 3.27. The van der Waals surface area contributed by atoms with Crippen molar-refractivity contribution < 1.29 is 9.62 Å². The van der Waals surface area contributed by atoms with Gasteiger partial charge < -0.3 is 9.62 Å². The lowest BCUT2D eigenvalue weighted by Gasteiger charge is -1.96. The zero-order valence-electron chi connectivity index (χ0n) is 8.98. The third-order valence-corrected chi connectivity index (χ3v) is 2.11. The number of aryl methyl sites for hydroxylation is 2. The largest absolute Gasteiger partial charge is 0.448 e. The van der Waals surface area contributed by atoms with Crippen molar-refractivity contribution in [3.8, 4) is 0 Å². The molecule has 0 bridgehead atoms. The third-order valence-electron chi connectivity index (χ3n) is 2.11. The first kappa shape index (κ1) is 13.2. The molecule has 0 saturated heterocycles. The average molecular weight is 254 g/mol. The molecule has 0 fully saturated rings. The summed E-state index contributed by atoms with van der Waals surface area (Å²) in [6.07, 6.45) is 7.77. The highest BCUT2D eigenvalue weighted by atomic mass is 35.5. The monoisotopic (exact) mass is 253 g/mol. The Balaban J connectivity index is 0.00000144. The lowest BCUT2D eigenvalue weighted by molar-refractivity contribution is 0.321. The van der Waals surface area contributed by atoms with E-state index >= 15 is 0 Å². The molecule has 0 aromatic carbocycles. The lowest BCUT2D eigenvalue weighted by atomic mass is 10.1. The quantitative estimate of drug-likeness (QED) is 0.514. The summed E-state index contributed by atoms with van der Waals surface area (Å²) in [5.74, 6) is 0.624. The van der Waals surface area contributed by atoms with E-state index in [4.69, 9.17) is 9.62 Å². The molecule has 90 valence electrons. The topological polar surface area (TPSA) is 71.5 Å². The maximum Gasteiger partial charge on any atom is 0.194 e. The van der Waals surface area contributed by atoms with Crippen LogP contribution in [-0.2, 0) is 12.8 Å². The van der Waals surface area contributed by atoms with Gasteiger partial charge in [-0.3, -0.25) is 4.98 Å². The van der Waals surface area contributed by atoms with Crippen molar-refractivity contribution >= 4 is 18.6 Å². The van der Waals surface area contributed by atoms with E-state index in [9.17, 15) is 0 Å². The van der Waals surface area contributed by atoms with Crippen molar-refractivity contribution in [1.29, 1.82) is 0 Å². The molecule has 0 aliphatic carbocycles. The Hall–Kier alpha value is -1.88. The van der Waals surface area contributed by atoms with Crippen molar-refractivity contribution in [3.63, 3.8) is 0 Å². The highest BCUT2D eigenvalue weighted by molar-refractivity contribution is 5.85. The molecule has 6 heteroatoms. The molecule has 1 N–H and O–H groups in total. The first-order valence-electron chi connectivity index (χ1n) is 4.89. The van der Waals surface area contributed by atoms with E-state index in [0.29, 0.717) is 18.0 Å². The summed E-state index contributed by atoms with van der Waals surface area (Å²) in [5, 5.41) is 11.2. The number of hydrogen-bond acceptors (Lipinski definition) is 5. The highest BCUT2D eigenvalue weighted by Crippen LogP contribution is 2.05. The minimum absolute atomic E-state index is 0. The second-order valence-electron chi connectivity index (χ2n) is 3.27. The molecular weight excluding hydrogens is 242 g/mol. The summed E-state index contributed by atoms with van der Waals surface area (Å²) in [7, 11) is 0. The summed E-state index contributed by atoms with van der Waals surface area (Å²) in [4.78, 5) is 8.15. The number of nitrogens with zero attached hydrogens (tertiary/aromatic N) is 3. The van der Waals surface area contributed by atoms with Crippen molar-refractivity contribution in [2.75, 3.05) is 0 Å². The number of halogens is 1. The zero-order valence-corrected chi connectivity index (χ0v) is 9.80. The van der Waals surface area contributed by atoms with E-state index in [1.54, 1.807) is 6.20 Å². The molecule has 0 spiro atoms. The van der Waals surface area contributed by atoms with Crippen LogP contribution in [0.4, 0.5) is 0 Å². The minimum atomic E-state index is 0. The van der Waals surface area contributed by atoms with Gasteiger partial charge in [-0.2, -0.15) is 0 Å². The third kappa shape index (κ3) is 3.88. The zero-order chi connectivity index (χ0) is 11.2. The fraction of sp³-hybridized carbons (Fsp3) is 0.182. The van der Waals surface area contributed by atoms with Gasteiger partial charge in [-0.15, -0.1) is 12.4 Å². The maximum atomic E-state index is 8.32. The van der Waals surface area contributed by atoms with Gasteiger partial charge in [0.25, 0.3) is 0 Å². The van der Waals surface area contributed by atoms with Gasteiger partial charge in [0, 0.05) is 18.8 Å². The van der Waals surface area contributed by atoms with E-state index in [0.717, 1.165) is 12.0 Å². The predicted octanol–water partition coefficient (Wildman–Crippen LogP) is 2.08. The van der Waals surface area contributed by atoms with E-state index in [1.165, 1.54) is 12.5 Å². The Morgan fingerprint density at radius 2 is 2.29 bits per heavy atom. The normalized spacial score (nSPS) is 10.4. The van der Waals surface area contributed by atoms with Crippen molar-refractivity contribution in [2.24, 2.45) is 5.16 Å². The van der Waals surface area contributed by atoms with Gasteiger partial charge in [0.15, 0.2) is 5.89 Å². The highest BCUT2D eigenvalue weighted by Gasteiger charge is 2.02. The molecule has 0 radical (unpaired) electrons. The molecule has 0 atom stereocenters. The number of aromatic nitrogens is 2. The van der Waals surface area contributed by atoms with Gasteiger partial charge in [0.05, 0.1) is 6.21 Å². The van der Waals surface area contributed by atoms with E-state index < -0.39 is 0 Å². The fourth-order valence-electron chi connectivity index (χ4n) is 1.36. The smallest absolute Gasteiger partial charge is 0.194 e. The maximum absolute atomic E-state index is 8.32. The van der Waals surface area contributed by atoms with Gasteiger partial charge in [-0.05, 0) is 18.1 Å². The Kier molecular flexibility index (Phi) is 5.16. The summed E-state index contributed by atoms with van der Waals surface area (Å²) < 4.78 is 5.21. The number of pyridine rings is 1. The lowest BCUT2D eigenvalue weighted by Crippen LogP contribution is -1.92. The van der Waals surface area contributed by atoms with Crippen LogP contribution in [0.1, 0.15) is 17.1 Å². The first-order chi connectivity index (χ1) is 7.88. The molecule has 0 saturated carbocycles. The molecule has 2 rings (SSSR count). The summed E-state index contributed by atoms with van der Waals surface area (Å²) in [6.45, 7) is 0. The predicted molar refractivity (Wildman–Crippen MR) is 64.8 cm³/mol. The van der Waals surface area contributed by atoms with E-state index in [-0.39, 0.29) is 12.4 Å². The standard InChI is InChI=1S/C11H11N3O2.ClH/c15-13-7-10-8-16-11(14-10)4-3-9-2-1-5-12-6-9;/h1-2,5-8,15H,3-4H2;1H. The molecule has 2 aromatic heterocycles. The SMILES string of the molecule is Cl.ON=Cc1coc(CCc2cccnc2)n1. The number of oxime groups is 1. The van der Waals surface area contributed by atoms with Gasteiger partial charge in [-0.25, -0.2) is 4.98 Å². The average Bonchev–Trinajstić information content (AvgIpc) is 2.76. The summed E-state index contributed by atoms with van der Waals surface area (Å²) >= 11 is 0. The summed E-state index contributed by atoms with van der Waals surface area (Å²) in [5.41, 5.74) is 1.65. The number of oxazole rings is 1. The van der Waals surface area contributed by atoms with E-state index in [1.807, 2.05) is 18.3 Å².